The molecule has 1 aromatic rings. The van der Waals surface area contributed by atoms with Crippen LogP contribution in [0.2, 0.25) is 0 Å². The summed E-state index contributed by atoms with van der Waals surface area (Å²) in [5.74, 6) is 1.08. The predicted octanol–water partition coefficient (Wildman–Crippen LogP) is 3.77. The molecule has 3 heteroatoms. The molecule has 1 aliphatic rings. The first-order valence-corrected chi connectivity index (χ1v) is 7.87. The molecule has 1 aromatic carbocycles. The zero-order valence-electron chi connectivity index (χ0n) is 12.8. The standard InChI is InChI=1S/C17H28N2O/c1-13(2)9-10-19(16-5-3-4-6-16)12-14-11-15(18)7-8-17(14)20/h7-8,11,13,16,20H,3-6,9-10,12,18H2,1-2H3. The zero-order chi connectivity index (χ0) is 14.5. The van der Waals surface area contributed by atoms with Gasteiger partial charge < -0.3 is 10.8 Å². The predicted molar refractivity (Wildman–Crippen MR) is 84.6 cm³/mol. The van der Waals surface area contributed by atoms with E-state index in [1.165, 1.54) is 32.1 Å². The average Bonchev–Trinajstić information content (AvgIpc) is 2.92. The second-order valence-electron chi connectivity index (χ2n) is 6.48. The van der Waals surface area contributed by atoms with Gasteiger partial charge in [-0.3, -0.25) is 4.90 Å². The van der Waals surface area contributed by atoms with Gasteiger partial charge in [0, 0.05) is 23.8 Å². The van der Waals surface area contributed by atoms with E-state index in [9.17, 15) is 5.11 Å². The van der Waals surface area contributed by atoms with E-state index in [0.29, 0.717) is 17.7 Å². The topological polar surface area (TPSA) is 49.5 Å². The summed E-state index contributed by atoms with van der Waals surface area (Å²) >= 11 is 0. The number of phenols is 1. The van der Waals surface area contributed by atoms with Crippen LogP contribution in [0.5, 0.6) is 5.75 Å². The summed E-state index contributed by atoms with van der Waals surface area (Å²) in [7, 11) is 0. The number of hydrogen-bond donors (Lipinski definition) is 2. The van der Waals surface area contributed by atoms with E-state index in [1.54, 1.807) is 12.1 Å². The first kappa shape index (κ1) is 15.2. The Labute approximate surface area is 122 Å². The number of benzene rings is 1. The molecule has 3 N–H and O–H groups in total. The van der Waals surface area contributed by atoms with Gasteiger partial charge in [-0.1, -0.05) is 26.7 Å². The van der Waals surface area contributed by atoms with E-state index in [-0.39, 0.29) is 0 Å². The third-order valence-corrected chi connectivity index (χ3v) is 4.31. The molecule has 0 heterocycles. The van der Waals surface area contributed by atoms with Gasteiger partial charge in [-0.2, -0.15) is 0 Å². The number of rotatable bonds is 6. The van der Waals surface area contributed by atoms with Crippen molar-refractivity contribution in [2.75, 3.05) is 12.3 Å². The third kappa shape index (κ3) is 4.14. The molecule has 0 radical (unpaired) electrons. The van der Waals surface area contributed by atoms with Gasteiger partial charge in [0.05, 0.1) is 0 Å². The molecule has 0 spiro atoms. The fraction of sp³-hybridized carbons (Fsp3) is 0.647. The van der Waals surface area contributed by atoms with E-state index in [2.05, 4.69) is 18.7 Å². The quantitative estimate of drug-likeness (QED) is 0.614. The fourth-order valence-electron chi connectivity index (χ4n) is 3.04. The molecular weight excluding hydrogens is 248 g/mol. The number of nitrogens with two attached hydrogens (primary N) is 1. The molecule has 20 heavy (non-hydrogen) atoms. The maximum absolute atomic E-state index is 10.0. The molecule has 0 saturated heterocycles. The summed E-state index contributed by atoms with van der Waals surface area (Å²) < 4.78 is 0. The molecule has 1 saturated carbocycles. The average molecular weight is 276 g/mol. The summed E-state index contributed by atoms with van der Waals surface area (Å²) in [4.78, 5) is 2.54. The second-order valence-corrected chi connectivity index (χ2v) is 6.48. The number of phenolic OH excluding ortho intramolecular Hbond substituents is 1. The number of hydrogen-bond acceptors (Lipinski definition) is 3. The zero-order valence-corrected chi connectivity index (χ0v) is 12.8. The van der Waals surface area contributed by atoms with Gasteiger partial charge in [0.15, 0.2) is 0 Å². The van der Waals surface area contributed by atoms with Crippen LogP contribution in [0.1, 0.15) is 51.5 Å². The van der Waals surface area contributed by atoms with Crippen molar-refractivity contribution in [1.29, 1.82) is 0 Å². The highest BCUT2D eigenvalue weighted by Gasteiger charge is 2.23. The first-order valence-electron chi connectivity index (χ1n) is 7.87. The molecule has 3 nitrogen and oxygen atoms in total. The largest absolute Gasteiger partial charge is 0.508 e. The molecule has 1 fully saturated rings. The van der Waals surface area contributed by atoms with Gasteiger partial charge in [0.1, 0.15) is 5.75 Å². The van der Waals surface area contributed by atoms with Crippen LogP contribution in [0.3, 0.4) is 0 Å². The highest BCUT2D eigenvalue weighted by atomic mass is 16.3. The van der Waals surface area contributed by atoms with Gasteiger partial charge in [-0.15, -0.1) is 0 Å². The normalized spacial score (nSPS) is 16.4. The van der Waals surface area contributed by atoms with Gasteiger partial charge in [0.25, 0.3) is 0 Å². The van der Waals surface area contributed by atoms with Crippen molar-refractivity contribution in [2.45, 2.75) is 58.5 Å². The van der Waals surface area contributed by atoms with Crippen molar-refractivity contribution in [3.05, 3.63) is 23.8 Å². The summed E-state index contributed by atoms with van der Waals surface area (Å²) in [5.41, 5.74) is 7.54. The Kier molecular flexibility index (Phi) is 5.30. The minimum atomic E-state index is 0.367. The summed E-state index contributed by atoms with van der Waals surface area (Å²) in [6, 6.07) is 6.05. The Hall–Kier alpha value is -1.22. The lowest BCUT2D eigenvalue weighted by atomic mass is 10.1. The van der Waals surface area contributed by atoms with Crippen molar-refractivity contribution in [2.24, 2.45) is 5.92 Å². The molecule has 1 aliphatic carbocycles. The fourth-order valence-corrected chi connectivity index (χ4v) is 3.04. The van der Waals surface area contributed by atoms with Crippen molar-refractivity contribution >= 4 is 5.69 Å². The van der Waals surface area contributed by atoms with Crippen molar-refractivity contribution in [1.82, 2.24) is 4.90 Å². The van der Waals surface area contributed by atoms with E-state index < -0.39 is 0 Å². The molecule has 0 bridgehead atoms. The Morgan fingerprint density at radius 1 is 1.30 bits per heavy atom. The maximum Gasteiger partial charge on any atom is 0.120 e. The van der Waals surface area contributed by atoms with E-state index in [4.69, 9.17) is 5.73 Å². The van der Waals surface area contributed by atoms with Crippen LogP contribution in [-0.4, -0.2) is 22.6 Å². The Morgan fingerprint density at radius 3 is 2.65 bits per heavy atom. The van der Waals surface area contributed by atoms with Crippen LogP contribution in [0.4, 0.5) is 5.69 Å². The lowest BCUT2D eigenvalue weighted by Crippen LogP contribution is -2.34. The molecular formula is C17H28N2O. The second kappa shape index (κ2) is 6.98. The molecule has 2 rings (SSSR count). The van der Waals surface area contributed by atoms with Crippen LogP contribution in [0, 0.1) is 5.92 Å². The third-order valence-electron chi connectivity index (χ3n) is 4.31. The summed E-state index contributed by atoms with van der Waals surface area (Å²) in [6.07, 6.45) is 6.47. The van der Waals surface area contributed by atoms with Crippen LogP contribution in [-0.2, 0) is 6.54 Å². The lowest BCUT2D eigenvalue weighted by Gasteiger charge is -2.30. The van der Waals surface area contributed by atoms with Gasteiger partial charge in [0.2, 0.25) is 0 Å². The van der Waals surface area contributed by atoms with Gasteiger partial charge in [-0.05, 0) is 49.9 Å². The SMILES string of the molecule is CC(C)CCN(Cc1cc(N)ccc1O)C1CCCC1. The van der Waals surface area contributed by atoms with Crippen LogP contribution in [0.25, 0.3) is 0 Å². The van der Waals surface area contributed by atoms with E-state index in [1.807, 2.05) is 6.07 Å². The molecule has 112 valence electrons. The van der Waals surface area contributed by atoms with E-state index in [0.717, 1.165) is 24.3 Å². The van der Waals surface area contributed by atoms with Crippen LogP contribution < -0.4 is 5.73 Å². The number of aromatic hydroxyl groups is 1. The maximum atomic E-state index is 10.0. The van der Waals surface area contributed by atoms with Crippen molar-refractivity contribution in [3.8, 4) is 5.75 Å². The highest BCUT2D eigenvalue weighted by Crippen LogP contribution is 2.28. The van der Waals surface area contributed by atoms with Crippen LogP contribution in [0.15, 0.2) is 18.2 Å². The summed E-state index contributed by atoms with van der Waals surface area (Å²) in [5, 5.41) is 10.0. The van der Waals surface area contributed by atoms with E-state index >= 15 is 0 Å². The molecule has 0 atom stereocenters. The number of nitrogen functional groups attached to an aromatic ring is 1. The molecule has 0 aromatic heterocycles. The highest BCUT2D eigenvalue weighted by molar-refractivity contribution is 5.47. The van der Waals surface area contributed by atoms with Crippen molar-refractivity contribution in [3.63, 3.8) is 0 Å². The van der Waals surface area contributed by atoms with Gasteiger partial charge >= 0.3 is 0 Å². The minimum Gasteiger partial charge on any atom is -0.508 e. The Morgan fingerprint density at radius 2 is 2.00 bits per heavy atom. The molecule has 0 unspecified atom stereocenters. The molecule has 0 aliphatic heterocycles. The monoisotopic (exact) mass is 276 g/mol. The minimum absolute atomic E-state index is 0.367. The summed E-state index contributed by atoms with van der Waals surface area (Å²) in [6.45, 7) is 6.46. The Balaban J connectivity index is 2.07. The first-order chi connectivity index (χ1) is 9.56. The van der Waals surface area contributed by atoms with Crippen molar-refractivity contribution < 1.29 is 5.11 Å². The number of nitrogens with zero attached hydrogens (tertiary/aromatic N) is 1. The Bertz CT molecular complexity index is 425. The lowest BCUT2D eigenvalue weighted by molar-refractivity contribution is 0.178. The smallest absolute Gasteiger partial charge is 0.120 e. The van der Waals surface area contributed by atoms with Crippen LogP contribution >= 0.6 is 0 Å². The van der Waals surface area contributed by atoms with Gasteiger partial charge in [-0.25, -0.2) is 0 Å². The number of anilines is 1. The molecule has 0 amide bonds.